The quantitative estimate of drug-likeness (QED) is 0.681. The second-order valence-electron chi connectivity index (χ2n) is 5.36. The summed E-state index contributed by atoms with van der Waals surface area (Å²) in [6.07, 6.45) is 8.54. The summed E-state index contributed by atoms with van der Waals surface area (Å²) in [5.74, 6) is -0.153. The molecule has 0 saturated carbocycles. The van der Waals surface area contributed by atoms with Gasteiger partial charge in [0.2, 0.25) is 0 Å². The van der Waals surface area contributed by atoms with Gasteiger partial charge in [-0.15, -0.1) is 0 Å². The smallest absolute Gasteiger partial charge is 0.351 e. The number of hydrogen-bond acceptors (Lipinski definition) is 2. The predicted octanol–water partition coefficient (Wildman–Crippen LogP) is 4.20. The Morgan fingerprint density at radius 3 is 2.30 bits per heavy atom. The summed E-state index contributed by atoms with van der Waals surface area (Å²) >= 11 is 0. The van der Waals surface area contributed by atoms with Gasteiger partial charge in [0.1, 0.15) is 12.2 Å². The molecule has 0 bridgehead atoms. The Bertz CT molecular complexity index is 776. The number of benzene rings is 2. The molecule has 1 unspecified atom stereocenters. The fraction of sp³-hybridized carbons (Fsp3) is 0.0500. The maximum absolute atomic E-state index is 13.0. The van der Waals surface area contributed by atoms with Crippen LogP contribution in [0, 0.1) is 0 Å². The molecule has 2 aromatic rings. The highest BCUT2D eigenvalue weighted by atomic mass is 16.3. The highest BCUT2D eigenvalue weighted by molar-refractivity contribution is 6.01. The Morgan fingerprint density at radius 1 is 1.00 bits per heavy atom. The largest absolute Gasteiger partial charge is 0.467 e. The van der Waals surface area contributed by atoms with E-state index in [0.717, 1.165) is 11.3 Å². The van der Waals surface area contributed by atoms with Crippen molar-refractivity contribution in [3.63, 3.8) is 0 Å². The van der Waals surface area contributed by atoms with Gasteiger partial charge >= 0.3 is 11.8 Å². The summed E-state index contributed by atoms with van der Waals surface area (Å²) in [6.45, 7) is 0.393. The summed E-state index contributed by atoms with van der Waals surface area (Å²) < 4.78 is -0.222. The molecule has 1 heterocycles. The minimum atomic E-state index is -0.222. The number of carbonyl (C=O) groups is 1. The average Bonchev–Trinajstić information content (AvgIpc) is 2.62. The van der Waals surface area contributed by atoms with Crippen LogP contribution in [0.4, 0.5) is 5.69 Å². The Hall–Kier alpha value is -2.91. The lowest BCUT2D eigenvalue weighted by Gasteiger charge is -2.32. The van der Waals surface area contributed by atoms with Crippen LogP contribution in [0.1, 0.15) is 5.56 Å². The Balaban J connectivity index is 2.00. The van der Waals surface area contributed by atoms with Gasteiger partial charge in [-0.25, -0.2) is 4.79 Å². The summed E-state index contributed by atoms with van der Waals surface area (Å²) in [4.78, 5) is 13.0. The minimum Gasteiger partial charge on any atom is -0.467 e. The number of rotatable bonds is 3. The second-order valence-corrected chi connectivity index (χ2v) is 5.36. The molecule has 3 nitrogen and oxygen atoms in total. The van der Waals surface area contributed by atoms with Crippen LogP contribution in [0.25, 0.3) is 6.08 Å². The first kappa shape index (κ1) is 15.0. The number of aliphatic hydroxyl groups is 1. The monoisotopic (exact) mass is 304 g/mol. The maximum Gasteiger partial charge on any atom is 0.351 e. The first-order valence-corrected chi connectivity index (χ1v) is 7.51. The molecular weight excluding hydrogens is 286 g/mol. The predicted molar refractivity (Wildman–Crippen MR) is 93.4 cm³/mol. The topological polar surface area (TPSA) is 37.3 Å². The zero-order chi connectivity index (χ0) is 16.1. The highest BCUT2D eigenvalue weighted by Gasteiger charge is 2.42. The fourth-order valence-electron chi connectivity index (χ4n) is 2.70. The summed E-state index contributed by atoms with van der Waals surface area (Å²) in [6, 6.07) is 19.0. The lowest BCUT2D eigenvalue weighted by atomic mass is 10.1. The van der Waals surface area contributed by atoms with Gasteiger partial charge in [0.05, 0.1) is 0 Å². The van der Waals surface area contributed by atoms with Gasteiger partial charge < -0.3 is 5.11 Å². The third-order valence-corrected chi connectivity index (χ3v) is 3.94. The Morgan fingerprint density at radius 2 is 1.65 bits per heavy atom. The standard InChI is InChI=1S/C20H17NO2/c22-19-13-7-8-16-21(19,18-11-5-2-6-12-18)20(23)15-14-17-9-3-1-4-10-17/h1-15H,16H2/p+1. The molecule has 1 N–H and O–H groups in total. The number of carbonyl (C=O) groups excluding carboxylic acids is 1. The van der Waals surface area contributed by atoms with Crippen molar-refractivity contribution < 1.29 is 9.90 Å². The van der Waals surface area contributed by atoms with Gasteiger partial charge in [-0.3, -0.25) is 0 Å². The number of para-hydroxylation sites is 1. The van der Waals surface area contributed by atoms with E-state index in [2.05, 4.69) is 0 Å². The maximum atomic E-state index is 13.0. The lowest BCUT2D eigenvalue weighted by Crippen LogP contribution is -2.53. The molecule has 23 heavy (non-hydrogen) atoms. The van der Waals surface area contributed by atoms with Gasteiger partial charge in [0, 0.05) is 24.3 Å². The summed E-state index contributed by atoms with van der Waals surface area (Å²) in [5, 5.41) is 10.5. The number of amides is 1. The Kier molecular flexibility index (Phi) is 4.22. The van der Waals surface area contributed by atoms with Crippen LogP contribution in [0.3, 0.4) is 0 Å². The van der Waals surface area contributed by atoms with E-state index < -0.39 is 0 Å². The van der Waals surface area contributed by atoms with Crippen molar-refractivity contribution in [1.29, 1.82) is 0 Å². The number of allylic oxidation sites excluding steroid dienone is 2. The average molecular weight is 304 g/mol. The van der Waals surface area contributed by atoms with Gasteiger partial charge in [-0.05, 0) is 17.7 Å². The molecule has 1 amide bonds. The molecule has 1 atom stereocenters. The molecule has 0 radical (unpaired) electrons. The van der Waals surface area contributed by atoms with Crippen LogP contribution in [-0.4, -0.2) is 17.6 Å². The molecule has 2 aromatic carbocycles. The molecule has 1 aliphatic heterocycles. The number of nitrogens with zero attached hydrogens (tertiary/aromatic N) is 1. The SMILES string of the molecule is O=C(C=Cc1ccccc1)[N+]1(c2ccccc2)CC=CC=C1O. The fourth-order valence-corrected chi connectivity index (χ4v) is 2.70. The minimum absolute atomic E-state index is 0.0291. The van der Waals surface area contributed by atoms with Crippen molar-refractivity contribution in [1.82, 2.24) is 4.48 Å². The molecule has 3 heteroatoms. The van der Waals surface area contributed by atoms with Gasteiger partial charge in [0.25, 0.3) is 0 Å². The Labute approximate surface area is 135 Å². The van der Waals surface area contributed by atoms with Crippen LogP contribution >= 0.6 is 0 Å². The van der Waals surface area contributed by atoms with E-state index in [4.69, 9.17) is 0 Å². The van der Waals surface area contributed by atoms with Gasteiger partial charge in [0.15, 0.2) is 0 Å². The normalized spacial score (nSPS) is 20.4. The molecule has 0 fully saturated rings. The number of aliphatic hydroxyl groups excluding tert-OH is 1. The van der Waals surface area contributed by atoms with Crippen LogP contribution in [0.15, 0.2) is 90.9 Å². The molecule has 0 aromatic heterocycles. The number of hydrogen-bond donors (Lipinski definition) is 1. The molecule has 114 valence electrons. The first-order chi connectivity index (χ1) is 11.2. The number of quaternary nitrogens is 1. The van der Waals surface area contributed by atoms with Crippen molar-refractivity contribution in [2.45, 2.75) is 0 Å². The van der Waals surface area contributed by atoms with Gasteiger partial charge in [-0.1, -0.05) is 54.6 Å². The summed E-state index contributed by atoms with van der Waals surface area (Å²) in [7, 11) is 0. The van der Waals surface area contributed by atoms with Crippen molar-refractivity contribution in [3.8, 4) is 0 Å². The van der Waals surface area contributed by atoms with E-state index in [1.165, 1.54) is 6.08 Å². The van der Waals surface area contributed by atoms with E-state index in [1.807, 2.05) is 66.7 Å². The van der Waals surface area contributed by atoms with Crippen LogP contribution in [-0.2, 0) is 4.79 Å². The van der Waals surface area contributed by atoms with Crippen molar-refractivity contribution in [3.05, 3.63) is 96.4 Å². The van der Waals surface area contributed by atoms with Crippen LogP contribution in [0.5, 0.6) is 0 Å². The molecule has 0 aliphatic carbocycles. The van der Waals surface area contributed by atoms with E-state index in [1.54, 1.807) is 18.2 Å². The highest BCUT2D eigenvalue weighted by Crippen LogP contribution is 2.30. The van der Waals surface area contributed by atoms with Crippen molar-refractivity contribution in [2.24, 2.45) is 0 Å². The zero-order valence-corrected chi connectivity index (χ0v) is 12.7. The zero-order valence-electron chi connectivity index (χ0n) is 12.7. The molecule has 0 spiro atoms. The van der Waals surface area contributed by atoms with E-state index in [9.17, 15) is 9.90 Å². The molecule has 1 aliphatic rings. The second kappa shape index (κ2) is 6.46. The first-order valence-electron chi connectivity index (χ1n) is 7.51. The van der Waals surface area contributed by atoms with Crippen molar-refractivity contribution >= 4 is 17.7 Å². The van der Waals surface area contributed by atoms with E-state index in [-0.39, 0.29) is 16.3 Å². The van der Waals surface area contributed by atoms with E-state index >= 15 is 0 Å². The van der Waals surface area contributed by atoms with Gasteiger partial charge in [-0.2, -0.15) is 4.48 Å². The third-order valence-electron chi connectivity index (χ3n) is 3.94. The van der Waals surface area contributed by atoms with Crippen LogP contribution in [0.2, 0.25) is 0 Å². The molecular formula is C20H18NO2+. The molecule has 0 saturated heterocycles. The van der Waals surface area contributed by atoms with E-state index in [0.29, 0.717) is 6.54 Å². The van der Waals surface area contributed by atoms with Crippen LogP contribution < -0.4 is 4.48 Å². The molecule has 3 rings (SSSR count). The summed E-state index contributed by atoms with van der Waals surface area (Å²) in [5.41, 5.74) is 1.69. The van der Waals surface area contributed by atoms with Crippen molar-refractivity contribution in [2.75, 3.05) is 6.54 Å². The third kappa shape index (κ3) is 2.87. The lowest BCUT2D eigenvalue weighted by molar-refractivity contribution is -0.124.